The summed E-state index contributed by atoms with van der Waals surface area (Å²) in [5, 5.41) is 12.1. The van der Waals surface area contributed by atoms with Crippen molar-refractivity contribution in [2.24, 2.45) is 0 Å². The smallest absolute Gasteiger partial charge is 0.251 e. The van der Waals surface area contributed by atoms with E-state index in [0.717, 1.165) is 0 Å². The Hall–Kier alpha value is -0.970. The zero-order valence-corrected chi connectivity index (χ0v) is 11.3. The highest BCUT2D eigenvalue weighted by molar-refractivity contribution is 6.32. The molecular formula is C12H15Cl2NO3. The Morgan fingerprint density at radius 3 is 2.83 bits per heavy atom. The van der Waals surface area contributed by atoms with Crippen LogP contribution in [-0.2, 0) is 4.74 Å². The second-order valence-electron chi connectivity index (χ2n) is 3.58. The fourth-order valence-corrected chi connectivity index (χ4v) is 1.57. The highest BCUT2D eigenvalue weighted by atomic mass is 35.5. The average molecular weight is 292 g/mol. The Bertz CT molecular complexity index is 399. The minimum atomic E-state index is -0.228. The number of hydrogen-bond acceptors (Lipinski definition) is 3. The van der Waals surface area contributed by atoms with Gasteiger partial charge in [-0.25, -0.2) is 0 Å². The lowest BCUT2D eigenvalue weighted by Gasteiger charge is -2.06. The molecule has 0 bridgehead atoms. The number of aromatic hydroxyl groups is 1. The third kappa shape index (κ3) is 5.12. The SMILES string of the molecule is O=C(NCCCOCCCl)c1ccc(O)c(Cl)c1. The number of amides is 1. The standard InChI is InChI=1S/C12H15Cl2NO3/c13-4-7-18-6-1-5-15-12(17)9-2-3-11(16)10(14)8-9/h2-3,8,16H,1,4-7H2,(H,15,17). The minimum absolute atomic E-state index is 0.0392. The second kappa shape index (κ2) is 8.19. The van der Waals surface area contributed by atoms with Crippen molar-refractivity contribution in [3.05, 3.63) is 28.8 Å². The van der Waals surface area contributed by atoms with Crippen LogP contribution in [0.1, 0.15) is 16.8 Å². The summed E-state index contributed by atoms with van der Waals surface area (Å²) in [7, 11) is 0. The molecule has 6 heteroatoms. The van der Waals surface area contributed by atoms with E-state index in [0.29, 0.717) is 37.6 Å². The lowest BCUT2D eigenvalue weighted by molar-refractivity contribution is 0.0944. The molecular weight excluding hydrogens is 277 g/mol. The molecule has 0 aliphatic carbocycles. The van der Waals surface area contributed by atoms with Crippen LogP contribution in [-0.4, -0.2) is 36.7 Å². The molecule has 1 aromatic rings. The summed E-state index contributed by atoms with van der Waals surface area (Å²) in [6.45, 7) is 1.59. The number of phenols is 1. The Labute approximate surface area is 116 Å². The minimum Gasteiger partial charge on any atom is -0.506 e. The van der Waals surface area contributed by atoms with E-state index >= 15 is 0 Å². The van der Waals surface area contributed by atoms with E-state index < -0.39 is 0 Å². The molecule has 0 unspecified atom stereocenters. The fourth-order valence-electron chi connectivity index (χ4n) is 1.28. The molecule has 0 fully saturated rings. The van der Waals surface area contributed by atoms with Gasteiger partial charge in [-0.2, -0.15) is 0 Å². The van der Waals surface area contributed by atoms with Crippen LogP contribution in [0.15, 0.2) is 18.2 Å². The van der Waals surface area contributed by atoms with Gasteiger partial charge in [0.2, 0.25) is 0 Å². The van der Waals surface area contributed by atoms with E-state index in [9.17, 15) is 9.90 Å². The van der Waals surface area contributed by atoms with E-state index in [4.69, 9.17) is 27.9 Å². The molecule has 0 spiro atoms. The molecule has 100 valence electrons. The largest absolute Gasteiger partial charge is 0.506 e. The van der Waals surface area contributed by atoms with Crippen molar-refractivity contribution in [1.29, 1.82) is 0 Å². The van der Waals surface area contributed by atoms with Gasteiger partial charge in [0.05, 0.1) is 11.6 Å². The number of phenolic OH excluding ortho intramolecular Hbond substituents is 1. The first-order valence-electron chi connectivity index (χ1n) is 5.55. The van der Waals surface area contributed by atoms with Crippen molar-refractivity contribution < 1.29 is 14.6 Å². The maximum atomic E-state index is 11.7. The van der Waals surface area contributed by atoms with Crippen LogP contribution in [0.3, 0.4) is 0 Å². The van der Waals surface area contributed by atoms with Gasteiger partial charge in [0.1, 0.15) is 5.75 Å². The average Bonchev–Trinajstić information content (AvgIpc) is 2.36. The third-order valence-electron chi connectivity index (χ3n) is 2.18. The number of rotatable bonds is 7. The van der Waals surface area contributed by atoms with Crippen molar-refractivity contribution >= 4 is 29.1 Å². The van der Waals surface area contributed by atoms with Crippen LogP contribution in [0.5, 0.6) is 5.75 Å². The molecule has 0 aromatic heterocycles. The summed E-state index contributed by atoms with van der Waals surface area (Å²) in [6.07, 6.45) is 0.717. The number of benzene rings is 1. The maximum Gasteiger partial charge on any atom is 0.251 e. The Kier molecular flexibility index (Phi) is 6.86. The Balaban J connectivity index is 2.30. The van der Waals surface area contributed by atoms with Crippen molar-refractivity contribution in [3.63, 3.8) is 0 Å². The molecule has 0 saturated carbocycles. The summed E-state index contributed by atoms with van der Waals surface area (Å²) in [5.74, 6) is 0.204. The molecule has 0 aliphatic rings. The summed E-state index contributed by atoms with van der Waals surface area (Å²) in [5.41, 5.74) is 0.416. The fraction of sp³-hybridized carbons (Fsp3) is 0.417. The topological polar surface area (TPSA) is 58.6 Å². The summed E-state index contributed by atoms with van der Waals surface area (Å²) in [4.78, 5) is 11.7. The first-order valence-corrected chi connectivity index (χ1v) is 6.47. The number of alkyl halides is 1. The third-order valence-corrected chi connectivity index (χ3v) is 2.64. The van der Waals surface area contributed by atoms with E-state index in [-0.39, 0.29) is 16.7 Å². The number of carbonyl (C=O) groups is 1. The van der Waals surface area contributed by atoms with Crippen molar-refractivity contribution in [3.8, 4) is 5.75 Å². The highest BCUT2D eigenvalue weighted by Crippen LogP contribution is 2.23. The number of carbonyl (C=O) groups excluding carboxylic acids is 1. The van der Waals surface area contributed by atoms with Crippen LogP contribution in [0.2, 0.25) is 5.02 Å². The van der Waals surface area contributed by atoms with Gasteiger partial charge in [0, 0.05) is 24.6 Å². The first-order chi connectivity index (χ1) is 8.65. The normalized spacial score (nSPS) is 10.3. The number of nitrogens with one attached hydrogen (secondary N) is 1. The van der Waals surface area contributed by atoms with Gasteiger partial charge in [-0.15, -0.1) is 11.6 Å². The monoisotopic (exact) mass is 291 g/mol. The predicted octanol–water partition coefficient (Wildman–Crippen LogP) is 2.42. The van der Waals surface area contributed by atoms with Gasteiger partial charge < -0.3 is 15.2 Å². The molecule has 0 saturated heterocycles. The van der Waals surface area contributed by atoms with Crippen LogP contribution in [0.4, 0.5) is 0 Å². The number of ether oxygens (including phenoxy) is 1. The Morgan fingerprint density at radius 1 is 1.39 bits per heavy atom. The van der Waals surface area contributed by atoms with Crippen molar-refractivity contribution in [1.82, 2.24) is 5.32 Å². The molecule has 18 heavy (non-hydrogen) atoms. The summed E-state index contributed by atoms with van der Waals surface area (Å²) < 4.78 is 5.17. The summed E-state index contributed by atoms with van der Waals surface area (Å²) in [6, 6.07) is 4.33. The Morgan fingerprint density at radius 2 is 2.17 bits per heavy atom. The van der Waals surface area contributed by atoms with Gasteiger partial charge in [0.15, 0.2) is 0 Å². The maximum absolute atomic E-state index is 11.7. The molecule has 2 N–H and O–H groups in total. The molecule has 0 atom stereocenters. The molecule has 4 nitrogen and oxygen atoms in total. The quantitative estimate of drug-likeness (QED) is 0.599. The van der Waals surface area contributed by atoms with Crippen LogP contribution < -0.4 is 5.32 Å². The van der Waals surface area contributed by atoms with Gasteiger partial charge in [-0.1, -0.05) is 11.6 Å². The first kappa shape index (κ1) is 15.1. The van der Waals surface area contributed by atoms with E-state index in [2.05, 4.69) is 5.32 Å². The lowest BCUT2D eigenvalue weighted by atomic mass is 10.2. The molecule has 0 radical (unpaired) electrons. The molecule has 1 amide bonds. The van der Waals surface area contributed by atoms with Gasteiger partial charge in [0.25, 0.3) is 5.91 Å². The predicted molar refractivity (Wildman–Crippen MR) is 71.6 cm³/mol. The molecule has 1 aromatic carbocycles. The van der Waals surface area contributed by atoms with Crippen LogP contribution in [0.25, 0.3) is 0 Å². The van der Waals surface area contributed by atoms with E-state index in [1.807, 2.05) is 0 Å². The van der Waals surface area contributed by atoms with Crippen molar-refractivity contribution in [2.75, 3.05) is 25.6 Å². The zero-order valence-electron chi connectivity index (χ0n) is 9.79. The van der Waals surface area contributed by atoms with Gasteiger partial charge in [-0.05, 0) is 24.6 Å². The second-order valence-corrected chi connectivity index (χ2v) is 4.36. The van der Waals surface area contributed by atoms with Crippen LogP contribution in [0, 0.1) is 0 Å². The highest BCUT2D eigenvalue weighted by Gasteiger charge is 2.07. The lowest BCUT2D eigenvalue weighted by Crippen LogP contribution is -2.25. The van der Waals surface area contributed by atoms with E-state index in [1.54, 1.807) is 0 Å². The molecule has 0 aliphatic heterocycles. The zero-order chi connectivity index (χ0) is 13.4. The molecule has 0 heterocycles. The van der Waals surface area contributed by atoms with Gasteiger partial charge >= 0.3 is 0 Å². The number of hydrogen-bond donors (Lipinski definition) is 2. The van der Waals surface area contributed by atoms with Gasteiger partial charge in [-0.3, -0.25) is 4.79 Å². The molecule has 1 rings (SSSR count). The van der Waals surface area contributed by atoms with Crippen molar-refractivity contribution in [2.45, 2.75) is 6.42 Å². The summed E-state index contributed by atoms with van der Waals surface area (Å²) >= 11 is 11.2. The van der Waals surface area contributed by atoms with Crippen LogP contribution >= 0.6 is 23.2 Å². The number of halogens is 2. The van der Waals surface area contributed by atoms with E-state index in [1.165, 1.54) is 18.2 Å².